The van der Waals surface area contributed by atoms with Crippen molar-refractivity contribution in [2.24, 2.45) is 5.92 Å². The van der Waals surface area contributed by atoms with Gasteiger partial charge in [0.15, 0.2) is 0 Å². The molecule has 43 heavy (non-hydrogen) atoms. The lowest BCUT2D eigenvalue weighted by Gasteiger charge is -2.44. The molecule has 0 saturated carbocycles. The topological polar surface area (TPSA) is 90.9 Å². The van der Waals surface area contributed by atoms with Gasteiger partial charge in [0.2, 0.25) is 0 Å². The van der Waals surface area contributed by atoms with E-state index in [0.717, 1.165) is 22.3 Å². The highest BCUT2D eigenvalue weighted by molar-refractivity contribution is 6.31. The minimum Gasteiger partial charge on any atom is -0.453 e. The average molecular weight is 610 g/mol. The third-order valence-electron chi connectivity index (χ3n) is 8.27. The number of hydrogen-bond acceptors (Lipinski definition) is 5. The smallest absolute Gasteiger partial charge is 0.406 e. The molecule has 1 aliphatic rings. The van der Waals surface area contributed by atoms with Crippen LogP contribution < -0.4 is 10.6 Å². The van der Waals surface area contributed by atoms with Crippen molar-refractivity contribution in [3.05, 3.63) is 105 Å². The van der Waals surface area contributed by atoms with Crippen LogP contribution in [0.25, 0.3) is 0 Å². The molecule has 0 radical (unpaired) electrons. The number of alkyl carbamates (subject to hydrolysis) is 1. The van der Waals surface area contributed by atoms with Crippen molar-refractivity contribution < 1.29 is 23.8 Å². The van der Waals surface area contributed by atoms with E-state index in [9.17, 15) is 14.7 Å². The van der Waals surface area contributed by atoms with Gasteiger partial charge in [-0.05, 0) is 86.5 Å². The molecule has 4 rings (SSSR count). The van der Waals surface area contributed by atoms with Crippen molar-refractivity contribution in [1.29, 1.82) is 0 Å². The second-order valence-electron chi connectivity index (χ2n) is 11.3. The zero-order valence-corrected chi connectivity index (χ0v) is 25.8. The first-order chi connectivity index (χ1) is 20.7. The van der Waals surface area contributed by atoms with Gasteiger partial charge in [-0.25, -0.2) is 9.18 Å². The summed E-state index contributed by atoms with van der Waals surface area (Å²) in [6, 6.07) is 18.4. The van der Waals surface area contributed by atoms with Crippen LogP contribution in [0, 0.1) is 18.7 Å². The molecule has 1 saturated heterocycles. The Morgan fingerprint density at radius 2 is 1.93 bits per heavy atom. The lowest BCUT2D eigenvalue weighted by Crippen LogP contribution is -2.49. The molecule has 1 fully saturated rings. The fraction of sp³-hybridized carbons (Fsp3) is 0.412. The molecule has 0 aliphatic carbocycles. The van der Waals surface area contributed by atoms with Gasteiger partial charge in [0, 0.05) is 37.1 Å². The van der Waals surface area contributed by atoms with Gasteiger partial charge in [-0.3, -0.25) is 4.79 Å². The molecule has 0 bridgehead atoms. The standard InChI is InChI=1S/C34H41ClFN3O4/c1-23-8-4-9-24(18-23)19-28-29(11-5-12-30(28)35)34(42,15-7-16-38-33(41)43-3)26-10-6-17-39(22-26)32(40)27-14-13-25(21-37-2)20-31(27)36/h4-5,8-9,11-14,18,20,26,37,42H,6-7,10,15-17,19,21-22H2,1-3H3,(H,38,41). The van der Waals surface area contributed by atoms with E-state index in [1.807, 2.05) is 43.3 Å². The van der Waals surface area contributed by atoms with Crippen LogP contribution in [0.4, 0.5) is 9.18 Å². The number of nitrogens with one attached hydrogen (secondary N) is 2. The summed E-state index contributed by atoms with van der Waals surface area (Å²) >= 11 is 6.80. The van der Waals surface area contributed by atoms with Crippen LogP contribution in [-0.4, -0.2) is 55.8 Å². The minimum absolute atomic E-state index is 0.0224. The first-order valence-corrected chi connectivity index (χ1v) is 15.1. The number of benzene rings is 3. The largest absolute Gasteiger partial charge is 0.453 e. The van der Waals surface area contributed by atoms with Crippen molar-refractivity contribution in [2.45, 2.75) is 51.2 Å². The second kappa shape index (κ2) is 14.8. The van der Waals surface area contributed by atoms with Crippen LogP contribution in [0.5, 0.6) is 0 Å². The molecule has 0 aromatic heterocycles. The highest BCUT2D eigenvalue weighted by Crippen LogP contribution is 2.43. The van der Waals surface area contributed by atoms with Gasteiger partial charge in [0.25, 0.3) is 5.91 Å². The van der Waals surface area contributed by atoms with Crippen molar-refractivity contribution in [2.75, 3.05) is 33.8 Å². The van der Waals surface area contributed by atoms with E-state index in [2.05, 4.69) is 16.7 Å². The maximum Gasteiger partial charge on any atom is 0.406 e. The highest BCUT2D eigenvalue weighted by atomic mass is 35.5. The van der Waals surface area contributed by atoms with Gasteiger partial charge in [-0.1, -0.05) is 59.6 Å². The van der Waals surface area contributed by atoms with Gasteiger partial charge < -0.3 is 25.4 Å². The zero-order chi connectivity index (χ0) is 31.0. The van der Waals surface area contributed by atoms with Crippen LogP contribution in [0.1, 0.15) is 63.9 Å². The van der Waals surface area contributed by atoms with Gasteiger partial charge in [-0.2, -0.15) is 0 Å². The number of halogens is 2. The maximum absolute atomic E-state index is 15.0. The number of ether oxygens (including phenoxy) is 1. The SMILES string of the molecule is CNCc1ccc(C(=O)N2CCCC(C(O)(CCCNC(=O)OC)c3cccc(Cl)c3Cc3cccc(C)c3)C2)c(F)c1. The number of methoxy groups -OCH3 is 1. The molecule has 7 nitrogen and oxygen atoms in total. The Labute approximate surface area is 258 Å². The number of rotatable bonds is 11. The van der Waals surface area contributed by atoms with Gasteiger partial charge in [-0.15, -0.1) is 0 Å². The summed E-state index contributed by atoms with van der Waals surface area (Å²) in [5.41, 5.74) is 3.15. The van der Waals surface area contributed by atoms with E-state index in [1.165, 1.54) is 19.2 Å². The van der Waals surface area contributed by atoms with Crippen molar-refractivity contribution >= 4 is 23.6 Å². The molecule has 1 heterocycles. The van der Waals surface area contributed by atoms with E-state index in [-0.39, 0.29) is 23.9 Å². The molecule has 3 aromatic rings. The molecular formula is C34H41ClFN3O4. The number of likely N-dealkylation sites (tertiary alicyclic amines) is 1. The van der Waals surface area contributed by atoms with Crippen molar-refractivity contribution in [3.8, 4) is 0 Å². The van der Waals surface area contributed by atoms with Gasteiger partial charge in [0.05, 0.1) is 18.3 Å². The van der Waals surface area contributed by atoms with Crippen LogP contribution in [-0.2, 0) is 23.3 Å². The number of carbonyl (C=O) groups is 2. The molecule has 9 heteroatoms. The number of nitrogens with zero attached hydrogens (tertiary/aromatic N) is 1. The molecule has 230 valence electrons. The molecule has 3 aromatic carbocycles. The first-order valence-electron chi connectivity index (χ1n) is 14.8. The Morgan fingerprint density at radius 1 is 1.14 bits per heavy atom. The van der Waals surface area contributed by atoms with Crippen LogP contribution in [0.3, 0.4) is 0 Å². The number of aliphatic hydroxyl groups is 1. The fourth-order valence-corrected chi connectivity index (χ4v) is 6.36. The monoisotopic (exact) mass is 609 g/mol. The molecule has 1 aliphatic heterocycles. The predicted octanol–water partition coefficient (Wildman–Crippen LogP) is 5.97. The quantitative estimate of drug-likeness (QED) is 0.233. The van der Waals surface area contributed by atoms with Crippen LogP contribution in [0.15, 0.2) is 60.7 Å². The van der Waals surface area contributed by atoms with Crippen LogP contribution >= 0.6 is 11.6 Å². The van der Waals surface area contributed by atoms with Crippen LogP contribution in [0.2, 0.25) is 5.02 Å². The first kappa shape index (κ1) is 32.5. The molecule has 2 amide bonds. The second-order valence-corrected chi connectivity index (χ2v) is 11.7. The van der Waals surface area contributed by atoms with E-state index in [1.54, 1.807) is 18.0 Å². The number of amides is 2. The Hall–Kier alpha value is -3.46. The summed E-state index contributed by atoms with van der Waals surface area (Å²) in [5.74, 6) is -1.29. The minimum atomic E-state index is -1.37. The lowest BCUT2D eigenvalue weighted by atomic mass is 9.72. The van der Waals surface area contributed by atoms with E-state index in [4.69, 9.17) is 16.3 Å². The molecule has 0 spiro atoms. The highest BCUT2D eigenvalue weighted by Gasteiger charge is 2.43. The summed E-state index contributed by atoms with van der Waals surface area (Å²) in [5, 5.41) is 18.9. The Balaban J connectivity index is 1.66. The van der Waals surface area contributed by atoms with Gasteiger partial charge in [0.1, 0.15) is 5.82 Å². The molecule has 2 atom stereocenters. The summed E-state index contributed by atoms with van der Waals surface area (Å²) < 4.78 is 19.7. The maximum atomic E-state index is 15.0. The number of aryl methyl sites for hydroxylation is 1. The average Bonchev–Trinajstić information content (AvgIpc) is 3.00. The third-order valence-corrected chi connectivity index (χ3v) is 8.62. The van der Waals surface area contributed by atoms with E-state index in [0.29, 0.717) is 62.3 Å². The van der Waals surface area contributed by atoms with Crippen molar-refractivity contribution in [1.82, 2.24) is 15.5 Å². The Bertz CT molecular complexity index is 1430. The third kappa shape index (κ3) is 7.93. The van der Waals surface area contributed by atoms with E-state index >= 15 is 4.39 Å². The summed E-state index contributed by atoms with van der Waals surface area (Å²) in [6.07, 6.45) is 2.10. The summed E-state index contributed by atoms with van der Waals surface area (Å²) in [6.45, 7) is 3.57. The lowest BCUT2D eigenvalue weighted by molar-refractivity contribution is -0.0573. The Morgan fingerprint density at radius 3 is 2.65 bits per heavy atom. The zero-order valence-electron chi connectivity index (χ0n) is 25.1. The number of hydrogen-bond donors (Lipinski definition) is 3. The van der Waals surface area contributed by atoms with Gasteiger partial charge >= 0.3 is 6.09 Å². The number of piperidine rings is 1. The predicted molar refractivity (Wildman–Crippen MR) is 167 cm³/mol. The summed E-state index contributed by atoms with van der Waals surface area (Å²) in [7, 11) is 3.09. The Kier molecular flexibility index (Phi) is 11.2. The number of carbonyl (C=O) groups excluding carboxylic acids is 2. The fourth-order valence-electron chi connectivity index (χ4n) is 6.12. The molecular weight excluding hydrogens is 569 g/mol. The molecule has 3 N–H and O–H groups in total. The normalized spacial score (nSPS) is 16.4. The van der Waals surface area contributed by atoms with E-state index < -0.39 is 17.5 Å². The molecule has 2 unspecified atom stereocenters. The summed E-state index contributed by atoms with van der Waals surface area (Å²) in [4.78, 5) is 26.9. The van der Waals surface area contributed by atoms with Crippen molar-refractivity contribution in [3.63, 3.8) is 0 Å².